The first kappa shape index (κ1) is 12.3. The zero-order chi connectivity index (χ0) is 13.9. The van der Waals surface area contributed by atoms with Crippen LogP contribution in [0.25, 0.3) is 10.9 Å². The summed E-state index contributed by atoms with van der Waals surface area (Å²) in [6.45, 7) is 1.94. The molecule has 2 aromatic heterocycles. The molecule has 0 unspecified atom stereocenters. The van der Waals surface area contributed by atoms with Gasteiger partial charge in [-0.2, -0.15) is 4.98 Å². The summed E-state index contributed by atoms with van der Waals surface area (Å²) in [5.74, 6) is 6.63. The van der Waals surface area contributed by atoms with E-state index >= 15 is 0 Å². The molecule has 0 aliphatic rings. The Morgan fingerprint density at radius 1 is 1.10 bits per heavy atom. The molecule has 3 aromatic rings. The minimum absolute atomic E-state index is 0.298. The first-order chi connectivity index (χ1) is 9.76. The molecule has 6 nitrogen and oxygen atoms in total. The summed E-state index contributed by atoms with van der Waals surface area (Å²) in [7, 11) is 0. The smallest absolute Gasteiger partial charge is 0.240 e. The molecule has 3 rings (SSSR count). The van der Waals surface area contributed by atoms with Gasteiger partial charge in [-0.15, -0.1) is 0 Å². The topological polar surface area (TPSA) is 86.0 Å². The summed E-state index contributed by atoms with van der Waals surface area (Å²) in [5, 5.41) is 1.01. The average Bonchev–Trinajstić information content (AvgIpc) is 2.48. The molecule has 0 radical (unpaired) electrons. The van der Waals surface area contributed by atoms with Gasteiger partial charge in [0, 0.05) is 23.3 Å². The number of fused-ring (bicyclic) bond motifs is 1. The Balaban J connectivity index is 2.03. The number of nitrogens with two attached hydrogens (primary N) is 1. The van der Waals surface area contributed by atoms with E-state index in [1.165, 1.54) is 0 Å². The quantitative estimate of drug-likeness (QED) is 0.560. The lowest BCUT2D eigenvalue weighted by atomic mass is 10.2. The highest BCUT2D eigenvalue weighted by Gasteiger charge is 2.06. The second-order valence-corrected chi connectivity index (χ2v) is 4.25. The fourth-order valence-electron chi connectivity index (χ4n) is 1.88. The van der Waals surface area contributed by atoms with Crippen LogP contribution in [0, 0.1) is 6.92 Å². The third kappa shape index (κ3) is 2.36. The molecule has 3 N–H and O–H groups in total. The van der Waals surface area contributed by atoms with Crippen LogP contribution in [0.15, 0.2) is 42.6 Å². The summed E-state index contributed by atoms with van der Waals surface area (Å²) in [6.07, 6.45) is 1.57. The summed E-state index contributed by atoms with van der Waals surface area (Å²) < 4.78 is 5.78. The van der Waals surface area contributed by atoms with Gasteiger partial charge in [0.25, 0.3) is 0 Å². The maximum atomic E-state index is 5.78. The third-order valence-corrected chi connectivity index (χ3v) is 2.80. The number of rotatable bonds is 3. The number of pyridine rings is 1. The Hall–Kier alpha value is -2.73. The zero-order valence-corrected chi connectivity index (χ0v) is 10.9. The van der Waals surface area contributed by atoms with E-state index in [9.17, 15) is 0 Å². The highest BCUT2D eigenvalue weighted by Crippen LogP contribution is 2.27. The number of nitrogens with one attached hydrogen (secondary N) is 1. The number of hydrogen-bond donors (Lipinski definition) is 2. The largest absolute Gasteiger partial charge is 0.437 e. The molecule has 0 spiro atoms. The second-order valence-electron chi connectivity index (χ2n) is 4.25. The van der Waals surface area contributed by atoms with Crippen LogP contribution in [-0.4, -0.2) is 15.0 Å². The van der Waals surface area contributed by atoms with Crippen molar-refractivity contribution in [3.8, 4) is 11.6 Å². The second kappa shape index (κ2) is 5.10. The van der Waals surface area contributed by atoms with Crippen LogP contribution in [0.4, 0.5) is 5.95 Å². The fraction of sp³-hybridized carbons (Fsp3) is 0.0714. The van der Waals surface area contributed by atoms with Crippen molar-refractivity contribution in [3.05, 3.63) is 48.3 Å². The van der Waals surface area contributed by atoms with Gasteiger partial charge in [0.15, 0.2) is 5.75 Å². The van der Waals surface area contributed by atoms with E-state index in [0.29, 0.717) is 17.6 Å². The number of benzene rings is 1. The monoisotopic (exact) mass is 267 g/mol. The molecule has 0 saturated carbocycles. The molecule has 0 aliphatic carbocycles. The molecule has 20 heavy (non-hydrogen) atoms. The van der Waals surface area contributed by atoms with Crippen LogP contribution < -0.4 is 16.0 Å². The lowest BCUT2D eigenvalue weighted by molar-refractivity contribution is 0.466. The van der Waals surface area contributed by atoms with Gasteiger partial charge in [0.2, 0.25) is 11.8 Å². The SMILES string of the molecule is Cc1ccc2cccc(Oc3ccnc(NN)n3)c2n1. The number of hydrazine groups is 1. The van der Waals surface area contributed by atoms with Gasteiger partial charge in [-0.05, 0) is 19.1 Å². The van der Waals surface area contributed by atoms with E-state index in [1.54, 1.807) is 12.3 Å². The molecule has 0 saturated heterocycles. The van der Waals surface area contributed by atoms with Crippen molar-refractivity contribution < 1.29 is 4.74 Å². The lowest BCUT2D eigenvalue weighted by Gasteiger charge is -2.08. The van der Waals surface area contributed by atoms with Gasteiger partial charge in [-0.3, -0.25) is 5.43 Å². The Kier molecular flexibility index (Phi) is 3.14. The van der Waals surface area contributed by atoms with Crippen LogP contribution in [0.1, 0.15) is 5.69 Å². The van der Waals surface area contributed by atoms with Crippen LogP contribution in [0.5, 0.6) is 11.6 Å². The molecule has 2 heterocycles. The van der Waals surface area contributed by atoms with Gasteiger partial charge >= 0.3 is 0 Å². The first-order valence-corrected chi connectivity index (χ1v) is 6.10. The van der Waals surface area contributed by atoms with Crippen molar-refractivity contribution in [1.82, 2.24) is 15.0 Å². The highest BCUT2D eigenvalue weighted by molar-refractivity contribution is 5.84. The molecule has 0 aliphatic heterocycles. The predicted molar refractivity (Wildman–Crippen MR) is 76.4 cm³/mol. The summed E-state index contributed by atoms with van der Waals surface area (Å²) >= 11 is 0. The molecule has 0 amide bonds. The van der Waals surface area contributed by atoms with Crippen LogP contribution in [0.2, 0.25) is 0 Å². The molecular formula is C14H13N5O. The first-order valence-electron chi connectivity index (χ1n) is 6.10. The molecule has 1 aromatic carbocycles. The van der Waals surface area contributed by atoms with Crippen LogP contribution >= 0.6 is 0 Å². The molecule has 0 atom stereocenters. The lowest BCUT2D eigenvalue weighted by Crippen LogP contribution is -2.10. The van der Waals surface area contributed by atoms with Gasteiger partial charge < -0.3 is 4.74 Å². The number of aromatic nitrogens is 3. The van der Waals surface area contributed by atoms with E-state index in [0.717, 1.165) is 16.6 Å². The standard InChI is InChI=1S/C14H13N5O/c1-9-5-6-10-3-2-4-11(13(10)17-9)20-12-7-8-16-14(18-12)19-15/h2-8H,15H2,1H3,(H,16,18,19). The van der Waals surface area contributed by atoms with Crippen molar-refractivity contribution in [2.75, 3.05) is 5.43 Å². The zero-order valence-electron chi connectivity index (χ0n) is 10.9. The van der Waals surface area contributed by atoms with E-state index in [1.807, 2.05) is 37.3 Å². The highest BCUT2D eigenvalue weighted by atomic mass is 16.5. The Morgan fingerprint density at radius 3 is 2.85 bits per heavy atom. The molecule has 100 valence electrons. The normalized spacial score (nSPS) is 10.5. The number of ether oxygens (including phenoxy) is 1. The Labute approximate surface area is 115 Å². The Bertz CT molecular complexity index is 759. The van der Waals surface area contributed by atoms with E-state index in [2.05, 4.69) is 20.4 Å². The predicted octanol–water partition coefficient (Wildman–Crippen LogP) is 2.41. The number of aryl methyl sites for hydroxylation is 1. The average molecular weight is 267 g/mol. The summed E-state index contributed by atoms with van der Waals surface area (Å²) in [6, 6.07) is 11.4. The van der Waals surface area contributed by atoms with Crippen molar-refractivity contribution in [1.29, 1.82) is 0 Å². The van der Waals surface area contributed by atoms with E-state index in [-0.39, 0.29) is 0 Å². The number of hydrogen-bond acceptors (Lipinski definition) is 6. The van der Waals surface area contributed by atoms with Crippen molar-refractivity contribution in [2.24, 2.45) is 5.84 Å². The summed E-state index contributed by atoms with van der Waals surface area (Å²) in [5.41, 5.74) is 4.11. The van der Waals surface area contributed by atoms with Gasteiger partial charge in [-0.25, -0.2) is 15.8 Å². The van der Waals surface area contributed by atoms with Gasteiger partial charge in [0.1, 0.15) is 5.52 Å². The van der Waals surface area contributed by atoms with Crippen molar-refractivity contribution in [2.45, 2.75) is 6.92 Å². The molecule has 0 bridgehead atoms. The maximum absolute atomic E-state index is 5.78. The fourth-order valence-corrected chi connectivity index (χ4v) is 1.88. The van der Waals surface area contributed by atoms with Crippen molar-refractivity contribution >= 4 is 16.9 Å². The minimum atomic E-state index is 0.298. The Morgan fingerprint density at radius 2 is 2.00 bits per heavy atom. The van der Waals surface area contributed by atoms with Gasteiger partial charge in [0.05, 0.1) is 0 Å². The molecule has 0 fully saturated rings. The van der Waals surface area contributed by atoms with Crippen LogP contribution in [-0.2, 0) is 0 Å². The number of nitrogen functional groups attached to an aromatic ring is 1. The van der Waals surface area contributed by atoms with Crippen molar-refractivity contribution in [3.63, 3.8) is 0 Å². The van der Waals surface area contributed by atoms with E-state index < -0.39 is 0 Å². The summed E-state index contributed by atoms with van der Waals surface area (Å²) in [4.78, 5) is 12.6. The minimum Gasteiger partial charge on any atom is -0.437 e. The number of nitrogens with zero attached hydrogens (tertiary/aromatic N) is 3. The maximum Gasteiger partial charge on any atom is 0.240 e. The van der Waals surface area contributed by atoms with E-state index in [4.69, 9.17) is 10.6 Å². The number of anilines is 1. The van der Waals surface area contributed by atoms with Gasteiger partial charge in [-0.1, -0.05) is 18.2 Å². The molecule has 6 heteroatoms. The molecular weight excluding hydrogens is 254 g/mol. The third-order valence-electron chi connectivity index (χ3n) is 2.80. The number of para-hydroxylation sites is 1. The van der Waals surface area contributed by atoms with Crippen LogP contribution in [0.3, 0.4) is 0 Å².